The van der Waals surface area contributed by atoms with E-state index in [9.17, 15) is 18.0 Å². The number of hydrogen-bond acceptors (Lipinski definition) is 6. The molecule has 0 saturated heterocycles. The topological polar surface area (TPSA) is 107 Å². The third kappa shape index (κ3) is 2.22. The molecule has 1 heterocycles. The predicted octanol–water partition coefficient (Wildman–Crippen LogP) is 1.13. The third-order valence-electron chi connectivity index (χ3n) is 3.63. The summed E-state index contributed by atoms with van der Waals surface area (Å²) in [6, 6.07) is 7.99. The fourth-order valence-electron chi connectivity index (χ4n) is 2.65. The summed E-state index contributed by atoms with van der Waals surface area (Å²) in [5, 5.41) is 1.04. The molecule has 23 heavy (non-hydrogen) atoms. The lowest BCUT2D eigenvalue weighted by Crippen LogP contribution is -2.35. The van der Waals surface area contributed by atoms with Crippen molar-refractivity contribution in [2.45, 2.75) is 11.8 Å². The maximum atomic E-state index is 12.6. The van der Waals surface area contributed by atoms with Gasteiger partial charge in [-0.1, -0.05) is 18.2 Å². The van der Waals surface area contributed by atoms with Crippen LogP contribution in [0.25, 0.3) is 10.8 Å². The maximum Gasteiger partial charge on any atom is 0.326 e. The number of nitrogens with zero attached hydrogens (tertiary/aromatic N) is 1. The Kier molecular flexibility index (Phi) is 3.48. The molecule has 0 spiro atoms. The summed E-state index contributed by atoms with van der Waals surface area (Å²) in [5.41, 5.74) is 6.23. The van der Waals surface area contributed by atoms with Gasteiger partial charge >= 0.3 is 5.97 Å². The smallest absolute Gasteiger partial charge is 0.326 e. The molecule has 1 aliphatic heterocycles. The van der Waals surface area contributed by atoms with Crippen LogP contribution in [0.5, 0.6) is 0 Å². The molecule has 7 nitrogen and oxygen atoms in total. The summed E-state index contributed by atoms with van der Waals surface area (Å²) in [6.07, 6.45) is 0. The number of anilines is 1. The van der Waals surface area contributed by atoms with Gasteiger partial charge in [-0.15, -0.1) is 0 Å². The van der Waals surface area contributed by atoms with E-state index in [0.717, 1.165) is 0 Å². The quantitative estimate of drug-likeness (QED) is 0.666. The van der Waals surface area contributed by atoms with Gasteiger partial charge in [0.05, 0.1) is 12.2 Å². The zero-order valence-corrected chi connectivity index (χ0v) is 13.1. The molecule has 2 aromatic carbocycles. The van der Waals surface area contributed by atoms with E-state index in [0.29, 0.717) is 20.8 Å². The van der Waals surface area contributed by atoms with Crippen LogP contribution in [0.15, 0.2) is 35.2 Å². The van der Waals surface area contributed by atoms with Gasteiger partial charge in [0.1, 0.15) is 11.4 Å². The van der Waals surface area contributed by atoms with Gasteiger partial charge in [0.15, 0.2) is 0 Å². The van der Waals surface area contributed by atoms with E-state index in [1.165, 1.54) is 6.07 Å². The van der Waals surface area contributed by atoms with Gasteiger partial charge in [0, 0.05) is 11.1 Å². The largest absolute Gasteiger partial charge is 0.465 e. The van der Waals surface area contributed by atoms with Crippen molar-refractivity contribution in [1.29, 1.82) is 0 Å². The van der Waals surface area contributed by atoms with Crippen molar-refractivity contribution in [1.82, 2.24) is 4.31 Å². The molecule has 0 aromatic heterocycles. The Morgan fingerprint density at radius 1 is 1.26 bits per heavy atom. The highest BCUT2D eigenvalue weighted by atomic mass is 32.2. The van der Waals surface area contributed by atoms with E-state index in [1.54, 1.807) is 31.2 Å². The van der Waals surface area contributed by atoms with Crippen LogP contribution in [0, 0.1) is 0 Å². The van der Waals surface area contributed by atoms with E-state index in [4.69, 9.17) is 10.5 Å². The molecule has 0 fully saturated rings. The number of fused-ring (bicyclic) bond motifs is 3. The third-order valence-corrected chi connectivity index (χ3v) is 5.40. The molecule has 8 heteroatoms. The van der Waals surface area contributed by atoms with Crippen molar-refractivity contribution >= 4 is 38.4 Å². The number of sulfonamides is 1. The highest BCUT2D eigenvalue weighted by Gasteiger charge is 2.43. The highest BCUT2D eigenvalue weighted by Crippen LogP contribution is 2.37. The second kappa shape index (κ2) is 5.24. The molecule has 0 aliphatic carbocycles. The Hall–Kier alpha value is -2.61. The molecular formula is C15H14N2O5S. The van der Waals surface area contributed by atoms with Gasteiger partial charge in [0.25, 0.3) is 15.9 Å². The minimum atomic E-state index is -4.09. The lowest BCUT2D eigenvalue weighted by molar-refractivity contribution is -0.142. The zero-order chi connectivity index (χ0) is 16.8. The van der Waals surface area contributed by atoms with Crippen molar-refractivity contribution in [3.63, 3.8) is 0 Å². The van der Waals surface area contributed by atoms with Crippen LogP contribution >= 0.6 is 0 Å². The fourth-order valence-corrected chi connectivity index (χ4v) is 4.16. The van der Waals surface area contributed by atoms with Gasteiger partial charge < -0.3 is 10.5 Å². The van der Waals surface area contributed by atoms with E-state index in [-0.39, 0.29) is 17.1 Å². The first kappa shape index (κ1) is 15.3. The van der Waals surface area contributed by atoms with Gasteiger partial charge in [-0.05, 0) is 24.4 Å². The van der Waals surface area contributed by atoms with Crippen molar-refractivity contribution in [2.24, 2.45) is 0 Å². The molecule has 0 unspecified atom stereocenters. The predicted molar refractivity (Wildman–Crippen MR) is 83.2 cm³/mol. The van der Waals surface area contributed by atoms with Crippen LogP contribution in [-0.2, 0) is 19.6 Å². The van der Waals surface area contributed by atoms with Crippen molar-refractivity contribution in [2.75, 3.05) is 18.9 Å². The van der Waals surface area contributed by atoms with E-state index < -0.39 is 28.4 Å². The van der Waals surface area contributed by atoms with Gasteiger partial charge in [-0.2, -0.15) is 0 Å². The molecule has 120 valence electrons. The number of nitrogens with two attached hydrogens (primary N) is 1. The monoisotopic (exact) mass is 334 g/mol. The number of rotatable bonds is 3. The van der Waals surface area contributed by atoms with Gasteiger partial charge in [-0.3, -0.25) is 9.59 Å². The standard InChI is InChI=1S/C15H14N2O5S/c1-2-22-12(18)8-17-15(19)14-11(23(17,20)21)7-6-9-4-3-5-10(16)13(9)14/h3-7H,2,8,16H2,1H3. The molecule has 3 rings (SSSR count). The second-order valence-corrected chi connectivity index (χ2v) is 6.84. The van der Waals surface area contributed by atoms with Gasteiger partial charge in [-0.25, -0.2) is 12.7 Å². The summed E-state index contributed by atoms with van der Waals surface area (Å²) in [7, 11) is -4.09. The van der Waals surface area contributed by atoms with Crippen molar-refractivity contribution < 1.29 is 22.7 Å². The molecular weight excluding hydrogens is 320 g/mol. The van der Waals surface area contributed by atoms with Gasteiger partial charge in [0.2, 0.25) is 0 Å². The Balaban J connectivity index is 2.19. The minimum Gasteiger partial charge on any atom is -0.465 e. The summed E-state index contributed by atoms with van der Waals surface area (Å²) in [6.45, 7) is 1.04. The van der Waals surface area contributed by atoms with Crippen LogP contribution in [0.1, 0.15) is 17.3 Å². The first-order valence-corrected chi connectivity index (χ1v) is 8.36. The molecule has 0 saturated carbocycles. The first-order valence-electron chi connectivity index (χ1n) is 6.91. The lowest BCUT2D eigenvalue weighted by atomic mass is 10.0. The molecule has 2 aromatic rings. The Morgan fingerprint density at radius 3 is 2.70 bits per heavy atom. The maximum absolute atomic E-state index is 12.6. The first-order chi connectivity index (χ1) is 10.9. The van der Waals surface area contributed by atoms with Crippen molar-refractivity contribution in [3.05, 3.63) is 35.9 Å². The Labute approximate surface area is 132 Å². The van der Waals surface area contributed by atoms with Crippen LogP contribution in [-0.4, -0.2) is 37.8 Å². The zero-order valence-electron chi connectivity index (χ0n) is 12.3. The lowest BCUT2D eigenvalue weighted by Gasteiger charge is -2.13. The minimum absolute atomic E-state index is 0.00454. The summed E-state index contributed by atoms with van der Waals surface area (Å²) >= 11 is 0. The number of hydrogen-bond donors (Lipinski definition) is 1. The number of benzene rings is 2. The molecule has 0 bridgehead atoms. The number of carbonyl (C=O) groups excluding carboxylic acids is 2. The van der Waals surface area contributed by atoms with E-state index in [1.807, 2.05) is 0 Å². The van der Waals surface area contributed by atoms with E-state index >= 15 is 0 Å². The van der Waals surface area contributed by atoms with E-state index in [2.05, 4.69) is 0 Å². The Bertz CT molecular complexity index is 936. The summed E-state index contributed by atoms with van der Waals surface area (Å²) in [5.74, 6) is -1.55. The number of amides is 1. The van der Waals surface area contributed by atoms with Crippen LogP contribution in [0.4, 0.5) is 5.69 Å². The summed E-state index contributed by atoms with van der Waals surface area (Å²) in [4.78, 5) is 24.1. The number of esters is 1. The van der Waals surface area contributed by atoms with Crippen LogP contribution in [0.3, 0.4) is 0 Å². The highest BCUT2D eigenvalue weighted by molar-refractivity contribution is 7.90. The molecule has 1 aliphatic rings. The molecule has 0 atom stereocenters. The second-order valence-electron chi connectivity index (χ2n) is 5.01. The Morgan fingerprint density at radius 2 is 2.00 bits per heavy atom. The molecule has 2 N–H and O–H groups in total. The number of ether oxygens (including phenoxy) is 1. The SMILES string of the molecule is CCOC(=O)CN1C(=O)c2c(ccc3cccc(N)c23)S1(=O)=O. The van der Waals surface area contributed by atoms with Crippen LogP contribution in [0.2, 0.25) is 0 Å². The molecule has 1 amide bonds. The summed E-state index contributed by atoms with van der Waals surface area (Å²) < 4.78 is 30.4. The average Bonchev–Trinajstić information content (AvgIpc) is 2.69. The van der Waals surface area contributed by atoms with Crippen LogP contribution < -0.4 is 5.73 Å². The normalized spacial score (nSPS) is 15.7. The number of nitrogen functional groups attached to an aromatic ring is 1. The number of carbonyl (C=O) groups is 2. The fraction of sp³-hybridized carbons (Fsp3) is 0.200. The van der Waals surface area contributed by atoms with Crippen molar-refractivity contribution in [3.8, 4) is 0 Å². The molecule has 0 radical (unpaired) electrons. The average molecular weight is 334 g/mol.